The normalized spacial score (nSPS) is 10.3. The zero-order valence-electron chi connectivity index (χ0n) is 14.1. The van der Waals surface area contributed by atoms with E-state index in [0.717, 1.165) is 17.0 Å². The van der Waals surface area contributed by atoms with Gasteiger partial charge in [0.05, 0.1) is 18.2 Å². The average molecular weight is 400 g/mol. The minimum atomic E-state index is -1.02. The number of halogens is 2. The summed E-state index contributed by atoms with van der Waals surface area (Å²) in [6.45, 7) is 2.88. The van der Waals surface area contributed by atoms with Crippen molar-refractivity contribution >= 4 is 45.8 Å². The molecule has 0 spiro atoms. The van der Waals surface area contributed by atoms with E-state index in [9.17, 15) is 18.8 Å². The quantitative estimate of drug-likeness (QED) is 0.774. The molecule has 26 heavy (non-hydrogen) atoms. The summed E-state index contributed by atoms with van der Waals surface area (Å²) in [5, 5.41) is 2.96. The molecule has 0 fully saturated rings. The van der Waals surface area contributed by atoms with Crippen LogP contribution < -0.4 is 5.32 Å². The number of methoxy groups -OCH3 is 1. The Morgan fingerprint density at radius 2 is 1.92 bits per heavy atom. The Morgan fingerprint density at radius 3 is 2.58 bits per heavy atom. The molecule has 0 aliphatic heterocycles. The van der Waals surface area contributed by atoms with Gasteiger partial charge in [0.25, 0.3) is 5.91 Å². The first kappa shape index (κ1) is 19.9. The zero-order valence-corrected chi connectivity index (χ0v) is 15.7. The molecule has 0 saturated carbocycles. The number of benzene rings is 1. The van der Waals surface area contributed by atoms with E-state index in [1.165, 1.54) is 24.5 Å². The van der Waals surface area contributed by atoms with Crippen molar-refractivity contribution in [2.75, 3.05) is 19.0 Å². The molecule has 1 amide bonds. The van der Waals surface area contributed by atoms with Gasteiger partial charge in [-0.25, -0.2) is 14.0 Å². The molecule has 0 bridgehead atoms. The van der Waals surface area contributed by atoms with Gasteiger partial charge in [-0.2, -0.15) is 0 Å². The molecule has 2 aromatic rings. The molecule has 1 N–H and O–H groups in total. The van der Waals surface area contributed by atoms with Gasteiger partial charge in [0, 0.05) is 9.90 Å². The molecule has 6 nitrogen and oxygen atoms in total. The van der Waals surface area contributed by atoms with E-state index in [2.05, 4.69) is 5.32 Å². The summed E-state index contributed by atoms with van der Waals surface area (Å²) in [5.41, 5.74) is 0.564. The Kier molecular flexibility index (Phi) is 6.33. The first-order chi connectivity index (χ1) is 12.2. The van der Waals surface area contributed by atoms with Crippen LogP contribution >= 0.6 is 22.9 Å². The van der Waals surface area contributed by atoms with E-state index in [1.807, 2.05) is 0 Å². The van der Waals surface area contributed by atoms with Gasteiger partial charge in [0.1, 0.15) is 10.8 Å². The lowest BCUT2D eigenvalue weighted by Gasteiger charge is -2.08. The number of anilines is 1. The Labute approximate surface area is 157 Å². The van der Waals surface area contributed by atoms with Crippen LogP contribution in [0.15, 0.2) is 18.2 Å². The Morgan fingerprint density at radius 1 is 1.23 bits per heavy atom. The van der Waals surface area contributed by atoms with E-state index >= 15 is 0 Å². The third-order valence-electron chi connectivity index (χ3n) is 3.51. The summed E-state index contributed by atoms with van der Waals surface area (Å²) in [4.78, 5) is 36.6. The maximum atomic E-state index is 13.6. The van der Waals surface area contributed by atoms with Crippen molar-refractivity contribution in [3.05, 3.63) is 50.6 Å². The first-order valence-electron chi connectivity index (χ1n) is 7.35. The summed E-state index contributed by atoms with van der Waals surface area (Å²) in [6.07, 6.45) is 0. The van der Waals surface area contributed by atoms with Crippen molar-refractivity contribution in [1.82, 2.24) is 0 Å². The molecular weight excluding hydrogens is 385 g/mol. The molecule has 1 heterocycles. The molecular formula is C17H15ClFNO5S. The molecule has 2 rings (SSSR count). The number of carbonyl (C=O) groups is 3. The SMILES string of the molecule is COC(=O)c1c(NC(=O)COC(=O)c2cc(Cl)ccc2F)sc(C)c1C. The highest BCUT2D eigenvalue weighted by Gasteiger charge is 2.22. The van der Waals surface area contributed by atoms with Crippen LogP contribution in [-0.2, 0) is 14.3 Å². The number of amides is 1. The van der Waals surface area contributed by atoms with Gasteiger partial charge < -0.3 is 14.8 Å². The second-order valence-corrected chi connectivity index (χ2v) is 6.89. The summed E-state index contributed by atoms with van der Waals surface area (Å²) in [7, 11) is 1.24. The molecule has 0 aliphatic carbocycles. The third kappa shape index (κ3) is 4.39. The van der Waals surface area contributed by atoms with Gasteiger partial charge in [-0.3, -0.25) is 4.79 Å². The largest absolute Gasteiger partial charge is 0.465 e. The van der Waals surface area contributed by atoms with E-state index in [0.29, 0.717) is 10.6 Å². The fourth-order valence-electron chi connectivity index (χ4n) is 2.09. The fourth-order valence-corrected chi connectivity index (χ4v) is 3.33. The zero-order chi connectivity index (χ0) is 19.4. The van der Waals surface area contributed by atoms with Gasteiger partial charge in [0.15, 0.2) is 6.61 Å². The van der Waals surface area contributed by atoms with Crippen molar-refractivity contribution < 1.29 is 28.2 Å². The third-order valence-corrected chi connectivity index (χ3v) is 4.87. The number of thiophene rings is 1. The van der Waals surface area contributed by atoms with Crippen LogP contribution in [0.1, 0.15) is 31.2 Å². The van der Waals surface area contributed by atoms with Crippen molar-refractivity contribution in [2.24, 2.45) is 0 Å². The number of carbonyl (C=O) groups excluding carboxylic acids is 3. The van der Waals surface area contributed by atoms with Gasteiger partial charge in [-0.15, -0.1) is 11.3 Å². The summed E-state index contributed by atoms with van der Waals surface area (Å²) >= 11 is 6.91. The number of hydrogen-bond donors (Lipinski definition) is 1. The maximum Gasteiger partial charge on any atom is 0.341 e. The standard InChI is InChI=1S/C17H15ClFNO5S/c1-8-9(2)26-15(14(8)17(23)24-3)20-13(21)7-25-16(22)11-6-10(18)4-5-12(11)19/h4-6H,7H2,1-3H3,(H,20,21). The molecule has 9 heteroatoms. The molecule has 0 unspecified atom stereocenters. The molecule has 0 saturated heterocycles. The van der Waals surface area contributed by atoms with Gasteiger partial charge >= 0.3 is 11.9 Å². The number of ether oxygens (including phenoxy) is 2. The molecule has 138 valence electrons. The van der Waals surface area contributed by atoms with Crippen LogP contribution in [-0.4, -0.2) is 31.6 Å². The number of nitrogens with one attached hydrogen (secondary N) is 1. The second kappa shape index (κ2) is 8.29. The first-order valence-corrected chi connectivity index (χ1v) is 8.54. The monoisotopic (exact) mass is 399 g/mol. The smallest absolute Gasteiger partial charge is 0.341 e. The van der Waals surface area contributed by atoms with Gasteiger partial charge in [-0.1, -0.05) is 11.6 Å². The molecule has 1 aromatic heterocycles. The number of rotatable bonds is 5. The van der Waals surface area contributed by atoms with E-state index in [-0.39, 0.29) is 16.1 Å². The van der Waals surface area contributed by atoms with Crippen LogP contribution in [0.5, 0.6) is 0 Å². The highest BCUT2D eigenvalue weighted by Crippen LogP contribution is 2.32. The minimum Gasteiger partial charge on any atom is -0.465 e. The molecule has 0 aliphatic rings. The lowest BCUT2D eigenvalue weighted by atomic mass is 10.1. The molecule has 1 aromatic carbocycles. The van der Waals surface area contributed by atoms with Crippen LogP contribution in [0.25, 0.3) is 0 Å². The molecule has 0 radical (unpaired) electrons. The van der Waals surface area contributed by atoms with Gasteiger partial charge in [-0.05, 0) is 37.6 Å². The van der Waals surface area contributed by atoms with E-state index in [1.54, 1.807) is 13.8 Å². The van der Waals surface area contributed by atoms with Crippen LogP contribution in [0.3, 0.4) is 0 Å². The van der Waals surface area contributed by atoms with Gasteiger partial charge in [0.2, 0.25) is 0 Å². The van der Waals surface area contributed by atoms with E-state index < -0.39 is 30.3 Å². The number of aryl methyl sites for hydroxylation is 1. The Balaban J connectivity index is 2.06. The molecule has 0 atom stereocenters. The van der Waals surface area contributed by atoms with Crippen molar-refractivity contribution in [3.63, 3.8) is 0 Å². The summed E-state index contributed by atoms with van der Waals surface area (Å²) < 4.78 is 23.1. The number of esters is 2. The van der Waals surface area contributed by atoms with Crippen molar-refractivity contribution in [3.8, 4) is 0 Å². The second-order valence-electron chi connectivity index (χ2n) is 5.23. The lowest BCUT2D eigenvalue weighted by Crippen LogP contribution is -2.22. The fraction of sp³-hybridized carbons (Fsp3) is 0.235. The topological polar surface area (TPSA) is 81.7 Å². The Bertz CT molecular complexity index is 880. The highest BCUT2D eigenvalue weighted by molar-refractivity contribution is 7.16. The van der Waals surface area contributed by atoms with Crippen LogP contribution in [0.4, 0.5) is 9.39 Å². The van der Waals surface area contributed by atoms with E-state index in [4.69, 9.17) is 21.1 Å². The summed E-state index contributed by atoms with van der Waals surface area (Å²) in [6, 6.07) is 3.42. The predicted octanol–water partition coefficient (Wildman–Crippen LogP) is 3.74. The highest BCUT2D eigenvalue weighted by atomic mass is 35.5. The van der Waals surface area contributed by atoms with Crippen LogP contribution in [0, 0.1) is 19.7 Å². The lowest BCUT2D eigenvalue weighted by molar-refractivity contribution is -0.119. The van der Waals surface area contributed by atoms with Crippen molar-refractivity contribution in [2.45, 2.75) is 13.8 Å². The minimum absolute atomic E-state index is 0.162. The summed E-state index contributed by atoms with van der Waals surface area (Å²) in [5.74, 6) is -3.09. The number of hydrogen-bond acceptors (Lipinski definition) is 6. The Hall–Kier alpha value is -2.45. The van der Waals surface area contributed by atoms with Crippen molar-refractivity contribution in [1.29, 1.82) is 0 Å². The average Bonchev–Trinajstić information content (AvgIpc) is 2.88. The maximum absolute atomic E-state index is 13.6. The predicted molar refractivity (Wildman–Crippen MR) is 95.5 cm³/mol. The van der Waals surface area contributed by atoms with Crippen LogP contribution in [0.2, 0.25) is 5.02 Å².